The van der Waals surface area contributed by atoms with E-state index in [1.54, 1.807) is 45.3 Å². The third-order valence-corrected chi connectivity index (χ3v) is 13.1. The van der Waals surface area contributed by atoms with Crippen LogP contribution in [0.1, 0.15) is 84.6 Å². The Hall–Kier alpha value is -4.08. The Morgan fingerprint density at radius 2 is 0.820 bits per heavy atom. The topological polar surface area (TPSA) is 51.6 Å². The summed E-state index contributed by atoms with van der Waals surface area (Å²) in [5.41, 5.74) is 9.27. The molecule has 0 aliphatic carbocycles. The van der Waals surface area contributed by atoms with Gasteiger partial charge in [0.05, 0.1) is 40.9 Å². The van der Waals surface area contributed by atoms with Crippen LogP contribution in [0.2, 0.25) is 0 Å². The zero-order valence-electron chi connectivity index (χ0n) is 28.3. The van der Waals surface area contributed by atoms with Crippen molar-refractivity contribution in [2.24, 2.45) is 0 Å². The summed E-state index contributed by atoms with van der Waals surface area (Å²) in [4.78, 5) is 19.9. The SMILES string of the molecule is CCCCCc1ccc(/C=C/c2nc3cc4sc(-c5nc6cc7sc(/C=C/c8ccc(CCCCC)cc8)nc7cc6s5)nc4cc3s2)cc1. The number of hydrogen-bond donors (Lipinski definition) is 0. The summed E-state index contributed by atoms with van der Waals surface area (Å²) in [5, 5.41) is 3.92. The molecule has 0 bridgehead atoms. The first-order chi connectivity index (χ1) is 24.6. The van der Waals surface area contributed by atoms with Crippen LogP contribution < -0.4 is 0 Å². The number of benzene rings is 4. The molecule has 8 aromatic rings. The first-order valence-corrected chi connectivity index (χ1v) is 20.8. The average Bonchev–Trinajstić information content (AvgIpc) is 3.92. The average molecular weight is 727 g/mol. The van der Waals surface area contributed by atoms with E-state index in [0.29, 0.717) is 0 Å². The molecule has 8 heteroatoms. The zero-order valence-corrected chi connectivity index (χ0v) is 31.6. The lowest BCUT2D eigenvalue weighted by molar-refractivity contribution is 0.717. The van der Waals surface area contributed by atoms with Gasteiger partial charge in [-0.25, -0.2) is 19.9 Å². The Balaban J connectivity index is 0.961. The maximum atomic E-state index is 5.02. The van der Waals surface area contributed by atoms with Gasteiger partial charge < -0.3 is 0 Å². The van der Waals surface area contributed by atoms with E-state index in [9.17, 15) is 0 Å². The molecule has 0 saturated heterocycles. The third kappa shape index (κ3) is 7.49. The van der Waals surface area contributed by atoms with Gasteiger partial charge in [-0.15, -0.1) is 45.3 Å². The summed E-state index contributed by atoms with van der Waals surface area (Å²) in [6, 6.07) is 26.5. The Morgan fingerprint density at radius 3 is 1.22 bits per heavy atom. The van der Waals surface area contributed by atoms with Crippen molar-refractivity contribution in [2.45, 2.75) is 65.2 Å². The third-order valence-electron chi connectivity index (χ3n) is 8.95. The first kappa shape index (κ1) is 33.1. The van der Waals surface area contributed by atoms with Gasteiger partial charge in [-0.05, 0) is 84.4 Å². The Labute approximate surface area is 308 Å². The Morgan fingerprint density at radius 1 is 0.440 bits per heavy atom. The van der Waals surface area contributed by atoms with E-state index in [-0.39, 0.29) is 0 Å². The number of unbranched alkanes of at least 4 members (excludes halogenated alkanes) is 4. The second-order valence-corrected chi connectivity index (χ2v) is 17.0. The molecule has 4 aromatic carbocycles. The van der Waals surface area contributed by atoms with E-state index in [2.05, 4.69) is 111 Å². The summed E-state index contributed by atoms with van der Waals surface area (Å²) >= 11 is 6.79. The van der Waals surface area contributed by atoms with Crippen molar-refractivity contribution in [2.75, 3.05) is 0 Å². The van der Waals surface area contributed by atoms with Gasteiger partial charge in [0.15, 0.2) is 10.0 Å². The normalized spacial score (nSPS) is 12.3. The Bertz CT molecular complexity index is 2180. The molecular weight excluding hydrogens is 689 g/mol. The van der Waals surface area contributed by atoms with Gasteiger partial charge in [0.25, 0.3) is 0 Å². The fraction of sp³-hybridized carbons (Fsp3) is 0.238. The lowest BCUT2D eigenvalue weighted by Crippen LogP contribution is -1.85. The van der Waals surface area contributed by atoms with Crippen molar-refractivity contribution < 1.29 is 0 Å². The van der Waals surface area contributed by atoms with E-state index in [1.807, 2.05) is 0 Å². The van der Waals surface area contributed by atoms with Crippen LogP contribution in [0.25, 0.3) is 75.2 Å². The minimum atomic E-state index is 0.952. The maximum Gasteiger partial charge on any atom is 0.153 e. The zero-order chi connectivity index (χ0) is 33.9. The minimum absolute atomic E-state index is 0.952. The van der Waals surface area contributed by atoms with E-state index in [0.717, 1.165) is 73.7 Å². The van der Waals surface area contributed by atoms with Crippen molar-refractivity contribution in [3.05, 3.63) is 105 Å². The molecule has 0 fully saturated rings. The molecule has 4 aromatic heterocycles. The summed E-state index contributed by atoms with van der Waals surface area (Å²) in [6.45, 7) is 4.50. The van der Waals surface area contributed by atoms with Crippen LogP contribution in [0.15, 0.2) is 72.8 Å². The van der Waals surface area contributed by atoms with Crippen LogP contribution >= 0.6 is 45.3 Å². The number of nitrogens with zero attached hydrogens (tertiary/aromatic N) is 4. The lowest BCUT2D eigenvalue weighted by Gasteiger charge is -2.01. The van der Waals surface area contributed by atoms with Crippen molar-refractivity contribution >= 4 is 111 Å². The second-order valence-electron chi connectivity index (χ2n) is 12.8. The number of fused-ring (bicyclic) bond motifs is 4. The van der Waals surface area contributed by atoms with E-state index in [1.165, 1.54) is 60.8 Å². The molecule has 50 heavy (non-hydrogen) atoms. The molecule has 0 unspecified atom stereocenters. The number of rotatable bonds is 13. The molecule has 0 radical (unpaired) electrons. The predicted octanol–water partition coefficient (Wildman–Crippen LogP) is 13.6. The van der Waals surface area contributed by atoms with E-state index in [4.69, 9.17) is 19.9 Å². The quantitative estimate of drug-likeness (QED) is 0.111. The summed E-state index contributed by atoms with van der Waals surface area (Å²) in [6.07, 6.45) is 18.5. The summed E-state index contributed by atoms with van der Waals surface area (Å²) < 4.78 is 4.58. The van der Waals surface area contributed by atoms with Gasteiger partial charge in [0.1, 0.15) is 10.0 Å². The first-order valence-electron chi connectivity index (χ1n) is 17.6. The highest BCUT2D eigenvalue weighted by Gasteiger charge is 2.15. The molecule has 4 nitrogen and oxygen atoms in total. The number of aryl methyl sites for hydroxylation is 2. The van der Waals surface area contributed by atoms with Crippen molar-refractivity contribution in [1.29, 1.82) is 0 Å². The lowest BCUT2D eigenvalue weighted by atomic mass is 10.1. The molecule has 0 spiro atoms. The van der Waals surface area contributed by atoms with Gasteiger partial charge in [-0.3, -0.25) is 0 Å². The van der Waals surface area contributed by atoms with E-state index < -0.39 is 0 Å². The van der Waals surface area contributed by atoms with Crippen LogP contribution in [0.4, 0.5) is 0 Å². The predicted molar refractivity (Wildman–Crippen MR) is 222 cm³/mol. The monoisotopic (exact) mass is 726 g/mol. The number of hydrogen-bond acceptors (Lipinski definition) is 8. The second kappa shape index (κ2) is 15.0. The maximum absolute atomic E-state index is 5.02. The highest BCUT2D eigenvalue weighted by Crippen LogP contribution is 2.39. The van der Waals surface area contributed by atoms with Gasteiger partial charge in [0, 0.05) is 0 Å². The number of thiazole rings is 4. The van der Waals surface area contributed by atoms with Crippen LogP contribution in [0, 0.1) is 0 Å². The van der Waals surface area contributed by atoms with Crippen LogP contribution in [0.5, 0.6) is 0 Å². The summed E-state index contributed by atoms with van der Waals surface area (Å²) in [7, 11) is 0. The van der Waals surface area contributed by atoms with Gasteiger partial charge in [-0.2, -0.15) is 0 Å². The van der Waals surface area contributed by atoms with Crippen molar-refractivity contribution in [3.63, 3.8) is 0 Å². The molecule has 250 valence electrons. The molecule has 0 amide bonds. The highest BCUT2D eigenvalue weighted by molar-refractivity contribution is 7.28. The molecule has 4 heterocycles. The van der Waals surface area contributed by atoms with Gasteiger partial charge in [-0.1, -0.05) is 100 Å². The van der Waals surface area contributed by atoms with Gasteiger partial charge in [0.2, 0.25) is 0 Å². The molecule has 0 saturated carbocycles. The van der Waals surface area contributed by atoms with Crippen LogP contribution in [0.3, 0.4) is 0 Å². The largest absolute Gasteiger partial charge is 0.237 e. The van der Waals surface area contributed by atoms with Crippen LogP contribution in [-0.2, 0) is 12.8 Å². The van der Waals surface area contributed by atoms with Gasteiger partial charge >= 0.3 is 0 Å². The smallest absolute Gasteiger partial charge is 0.153 e. The fourth-order valence-electron chi connectivity index (χ4n) is 6.14. The highest BCUT2D eigenvalue weighted by atomic mass is 32.1. The molecular formula is C42H38N4S4. The fourth-order valence-corrected chi connectivity index (χ4v) is 9.89. The standard InChI is InChI=1S/C42H38N4S4/c1-3-5-7-9-27-11-15-29(16-12-27)19-21-39-43-31-23-37-33(25-35(31)47-39)45-41(49-37)42-46-34-26-36-32(24-38(34)50-42)44-40(48-36)22-20-30-17-13-28(14-18-30)10-8-6-4-2/h11-26H,3-10H2,1-2H3/b21-19+,22-20+. The molecule has 8 rings (SSSR count). The molecule has 0 aliphatic rings. The molecule has 0 aliphatic heterocycles. The van der Waals surface area contributed by atoms with Crippen molar-refractivity contribution in [3.8, 4) is 10.0 Å². The van der Waals surface area contributed by atoms with Crippen molar-refractivity contribution in [1.82, 2.24) is 19.9 Å². The number of aromatic nitrogens is 4. The molecule has 0 N–H and O–H groups in total. The minimum Gasteiger partial charge on any atom is -0.237 e. The summed E-state index contributed by atoms with van der Waals surface area (Å²) in [5.74, 6) is 0. The Kier molecular flexibility index (Phi) is 9.95. The molecule has 0 atom stereocenters. The van der Waals surface area contributed by atoms with E-state index >= 15 is 0 Å². The van der Waals surface area contributed by atoms with Crippen LogP contribution in [-0.4, -0.2) is 19.9 Å².